The van der Waals surface area contributed by atoms with Crippen LogP contribution in [-0.4, -0.2) is 26.4 Å². The van der Waals surface area contributed by atoms with E-state index in [4.69, 9.17) is 9.47 Å². The fourth-order valence-corrected chi connectivity index (χ4v) is 2.92. The largest absolute Gasteiger partial charge is 0.381 e. The van der Waals surface area contributed by atoms with Crippen molar-refractivity contribution in [2.75, 3.05) is 26.4 Å². The molecule has 2 heteroatoms. The van der Waals surface area contributed by atoms with Gasteiger partial charge in [0.2, 0.25) is 0 Å². The lowest BCUT2D eigenvalue weighted by Gasteiger charge is -2.23. The Morgan fingerprint density at radius 1 is 0.706 bits per heavy atom. The SMILES string of the molecule is [CH](CCC1CCOCC1)CCC1CCOCC1. The van der Waals surface area contributed by atoms with Gasteiger partial charge >= 0.3 is 0 Å². The molecule has 0 saturated carbocycles. The molecule has 99 valence electrons. The van der Waals surface area contributed by atoms with Crippen LogP contribution >= 0.6 is 0 Å². The zero-order valence-corrected chi connectivity index (χ0v) is 11.0. The number of hydrogen-bond donors (Lipinski definition) is 0. The van der Waals surface area contributed by atoms with E-state index in [1.165, 1.54) is 51.4 Å². The maximum atomic E-state index is 5.38. The predicted octanol–water partition coefficient (Wildman–Crippen LogP) is 3.60. The minimum atomic E-state index is 0.933. The summed E-state index contributed by atoms with van der Waals surface area (Å²) in [7, 11) is 0. The molecule has 2 fully saturated rings. The normalized spacial score (nSPS) is 24.0. The summed E-state index contributed by atoms with van der Waals surface area (Å²) in [6.07, 6.45) is 13.1. The molecule has 0 aromatic rings. The highest BCUT2D eigenvalue weighted by Gasteiger charge is 2.14. The first-order valence-corrected chi connectivity index (χ1v) is 7.42. The first-order chi connectivity index (χ1) is 8.45. The third kappa shape index (κ3) is 5.39. The van der Waals surface area contributed by atoms with Crippen molar-refractivity contribution < 1.29 is 9.47 Å². The van der Waals surface area contributed by atoms with Gasteiger partial charge in [-0.05, 0) is 56.8 Å². The van der Waals surface area contributed by atoms with Crippen molar-refractivity contribution in [1.29, 1.82) is 0 Å². The van der Waals surface area contributed by atoms with Crippen molar-refractivity contribution >= 4 is 0 Å². The van der Waals surface area contributed by atoms with Crippen molar-refractivity contribution in [2.45, 2.75) is 51.4 Å². The second kappa shape index (κ2) is 8.10. The van der Waals surface area contributed by atoms with Gasteiger partial charge in [-0.15, -0.1) is 0 Å². The van der Waals surface area contributed by atoms with Crippen LogP contribution in [0, 0.1) is 18.3 Å². The van der Waals surface area contributed by atoms with Gasteiger partial charge in [0.05, 0.1) is 0 Å². The summed E-state index contributed by atoms with van der Waals surface area (Å²) in [5.74, 6) is 1.87. The lowest BCUT2D eigenvalue weighted by Crippen LogP contribution is -2.16. The van der Waals surface area contributed by atoms with E-state index in [1.807, 2.05) is 0 Å². The smallest absolute Gasteiger partial charge is 0.0468 e. The second-order valence-electron chi connectivity index (χ2n) is 5.55. The van der Waals surface area contributed by atoms with Crippen LogP contribution < -0.4 is 0 Å². The van der Waals surface area contributed by atoms with Gasteiger partial charge in [-0.3, -0.25) is 0 Å². The van der Waals surface area contributed by atoms with Crippen LogP contribution in [0.1, 0.15) is 51.4 Å². The standard InChI is InChI=1S/C15H27O2/c1(2-4-14-6-10-16-11-7-14)3-5-15-8-12-17-13-9-15/h1,14-15H,2-13H2. The molecular weight excluding hydrogens is 212 g/mol. The summed E-state index contributed by atoms with van der Waals surface area (Å²) in [6, 6.07) is 0. The van der Waals surface area contributed by atoms with Gasteiger partial charge in [-0.1, -0.05) is 12.8 Å². The molecule has 2 nitrogen and oxygen atoms in total. The number of rotatable bonds is 6. The van der Waals surface area contributed by atoms with Gasteiger partial charge in [0.1, 0.15) is 0 Å². The minimum absolute atomic E-state index is 0.933. The van der Waals surface area contributed by atoms with Crippen LogP contribution in [-0.2, 0) is 9.47 Å². The number of unbranched alkanes of at least 4 members (excludes halogenated alkanes) is 2. The molecule has 0 N–H and O–H groups in total. The number of ether oxygens (including phenoxy) is 2. The maximum Gasteiger partial charge on any atom is 0.0468 e. The Bertz CT molecular complexity index is 161. The lowest BCUT2D eigenvalue weighted by atomic mass is 9.91. The maximum absolute atomic E-state index is 5.38. The van der Waals surface area contributed by atoms with Crippen LogP contribution in [0.2, 0.25) is 0 Å². The lowest BCUT2D eigenvalue weighted by molar-refractivity contribution is 0.0625. The van der Waals surface area contributed by atoms with E-state index in [1.54, 1.807) is 0 Å². The van der Waals surface area contributed by atoms with E-state index in [-0.39, 0.29) is 0 Å². The van der Waals surface area contributed by atoms with Gasteiger partial charge in [0, 0.05) is 26.4 Å². The van der Waals surface area contributed by atoms with E-state index in [0.29, 0.717) is 0 Å². The molecule has 2 aliphatic heterocycles. The van der Waals surface area contributed by atoms with Crippen LogP contribution in [0.25, 0.3) is 0 Å². The zero-order valence-electron chi connectivity index (χ0n) is 11.0. The summed E-state index contributed by atoms with van der Waals surface area (Å²) in [4.78, 5) is 0. The molecule has 0 unspecified atom stereocenters. The molecule has 2 saturated heterocycles. The first-order valence-electron chi connectivity index (χ1n) is 7.42. The summed E-state index contributed by atoms with van der Waals surface area (Å²) in [6.45, 7) is 3.97. The van der Waals surface area contributed by atoms with Crippen LogP contribution in [0.5, 0.6) is 0 Å². The van der Waals surface area contributed by atoms with Crippen molar-refractivity contribution in [3.8, 4) is 0 Å². The molecular formula is C15H27O2. The fraction of sp³-hybridized carbons (Fsp3) is 0.933. The molecule has 0 aromatic carbocycles. The summed E-state index contributed by atoms with van der Waals surface area (Å²) in [5, 5.41) is 0. The van der Waals surface area contributed by atoms with Crippen LogP contribution in [0.3, 0.4) is 0 Å². The Morgan fingerprint density at radius 2 is 1.12 bits per heavy atom. The van der Waals surface area contributed by atoms with E-state index in [0.717, 1.165) is 38.3 Å². The molecule has 0 atom stereocenters. The summed E-state index contributed by atoms with van der Waals surface area (Å²) in [5.41, 5.74) is 0. The van der Waals surface area contributed by atoms with E-state index < -0.39 is 0 Å². The van der Waals surface area contributed by atoms with Gasteiger partial charge in [0.15, 0.2) is 0 Å². The second-order valence-corrected chi connectivity index (χ2v) is 5.55. The van der Waals surface area contributed by atoms with Crippen molar-refractivity contribution in [1.82, 2.24) is 0 Å². The van der Waals surface area contributed by atoms with E-state index in [9.17, 15) is 0 Å². The zero-order chi connectivity index (χ0) is 11.8. The third-order valence-corrected chi connectivity index (χ3v) is 4.24. The molecule has 1 radical (unpaired) electrons. The average Bonchev–Trinajstić information content (AvgIpc) is 2.41. The fourth-order valence-electron chi connectivity index (χ4n) is 2.92. The van der Waals surface area contributed by atoms with Crippen molar-refractivity contribution in [3.05, 3.63) is 6.42 Å². The van der Waals surface area contributed by atoms with Crippen LogP contribution in [0.15, 0.2) is 0 Å². The number of hydrogen-bond acceptors (Lipinski definition) is 2. The molecule has 0 aliphatic carbocycles. The van der Waals surface area contributed by atoms with Crippen LogP contribution in [0.4, 0.5) is 0 Å². The van der Waals surface area contributed by atoms with E-state index in [2.05, 4.69) is 6.42 Å². The molecule has 2 aliphatic rings. The summed E-state index contributed by atoms with van der Waals surface area (Å²) >= 11 is 0. The Kier molecular flexibility index (Phi) is 6.36. The van der Waals surface area contributed by atoms with E-state index >= 15 is 0 Å². The van der Waals surface area contributed by atoms with Gasteiger partial charge in [-0.25, -0.2) is 0 Å². The summed E-state index contributed by atoms with van der Waals surface area (Å²) < 4.78 is 10.8. The highest BCUT2D eigenvalue weighted by molar-refractivity contribution is 4.73. The molecule has 17 heavy (non-hydrogen) atoms. The first kappa shape index (κ1) is 13.4. The Labute approximate surface area is 106 Å². The Balaban J connectivity index is 1.42. The molecule has 0 amide bonds. The van der Waals surface area contributed by atoms with Gasteiger partial charge in [0.25, 0.3) is 0 Å². The molecule has 0 aromatic heterocycles. The van der Waals surface area contributed by atoms with Gasteiger partial charge < -0.3 is 9.47 Å². The van der Waals surface area contributed by atoms with Gasteiger partial charge in [-0.2, -0.15) is 0 Å². The highest BCUT2D eigenvalue weighted by Crippen LogP contribution is 2.24. The average molecular weight is 239 g/mol. The Hall–Kier alpha value is -0.0800. The predicted molar refractivity (Wildman–Crippen MR) is 69.9 cm³/mol. The topological polar surface area (TPSA) is 18.5 Å². The molecule has 0 spiro atoms. The molecule has 2 heterocycles. The monoisotopic (exact) mass is 239 g/mol. The van der Waals surface area contributed by atoms with Crippen molar-refractivity contribution in [3.63, 3.8) is 0 Å². The quantitative estimate of drug-likeness (QED) is 0.659. The minimum Gasteiger partial charge on any atom is -0.381 e. The molecule has 2 rings (SSSR count). The Morgan fingerprint density at radius 3 is 1.53 bits per heavy atom. The third-order valence-electron chi connectivity index (χ3n) is 4.24. The molecule has 0 bridgehead atoms. The highest BCUT2D eigenvalue weighted by atomic mass is 16.5. The van der Waals surface area contributed by atoms with Crippen molar-refractivity contribution in [2.24, 2.45) is 11.8 Å².